The molecule has 0 radical (unpaired) electrons. The quantitative estimate of drug-likeness (QED) is 0.662. The molecule has 0 saturated carbocycles. The number of β-amino-alcohol motifs (C(OH)–C–C–N with tert-alkyl or cyclic N) is 1. The van der Waals surface area contributed by atoms with Gasteiger partial charge >= 0.3 is 0 Å². The number of methoxy groups -OCH3 is 1. The van der Waals surface area contributed by atoms with E-state index in [0.29, 0.717) is 13.1 Å². The van der Waals surface area contributed by atoms with Crippen LogP contribution in [-0.2, 0) is 16.1 Å². The number of hydrogen-bond acceptors (Lipinski definition) is 5. The maximum atomic E-state index is 12.3. The zero-order valence-electron chi connectivity index (χ0n) is 13.4. The second-order valence-electron chi connectivity index (χ2n) is 5.86. The van der Waals surface area contributed by atoms with E-state index >= 15 is 0 Å². The van der Waals surface area contributed by atoms with Crippen molar-refractivity contribution in [2.75, 3.05) is 20.2 Å². The molecule has 1 fully saturated rings. The van der Waals surface area contributed by atoms with Gasteiger partial charge in [-0.15, -0.1) is 0 Å². The van der Waals surface area contributed by atoms with Crippen molar-refractivity contribution in [3.8, 4) is 5.75 Å². The third kappa shape index (κ3) is 4.00. The Morgan fingerprint density at radius 3 is 2.87 bits per heavy atom. The molecule has 4 N–H and O–H groups in total. The Kier molecular flexibility index (Phi) is 5.23. The number of amides is 2. The zero-order chi connectivity index (χ0) is 17.0. The van der Waals surface area contributed by atoms with Gasteiger partial charge in [0.05, 0.1) is 13.2 Å². The largest absolute Gasteiger partial charge is 0.497 e. The Labute approximate surface area is 135 Å². The maximum Gasteiger partial charge on any atom is 0.250 e. The topological polar surface area (TPSA) is 105 Å². The van der Waals surface area contributed by atoms with Gasteiger partial charge < -0.3 is 20.9 Å². The van der Waals surface area contributed by atoms with E-state index in [1.165, 1.54) is 0 Å². The highest BCUT2D eigenvalue weighted by Crippen LogP contribution is 2.22. The maximum absolute atomic E-state index is 12.3. The third-order valence-electron chi connectivity index (χ3n) is 4.26. The minimum atomic E-state index is -1.54. The fraction of sp³-hybridized carbons (Fsp3) is 0.500. The lowest BCUT2D eigenvalue weighted by Crippen LogP contribution is -2.49. The van der Waals surface area contributed by atoms with Crippen molar-refractivity contribution < 1.29 is 19.4 Å². The van der Waals surface area contributed by atoms with Crippen LogP contribution in [0, 0.1) is 0 Å². The molecule has 0 bridgehead atoms. The SMILES string of the molecule is COc1cccc(CNC(=O)C(C)N2CCC(O)(C(N)=O)C2)c1. The van der Waals surface area contributed by atoms with Crippen LogP contribution < -0.4 is 15.8 Å². The van der Waals surface area contributed by atoms with Crippen molar-refractivity contribution >= 4 is 11.8 Å². The fourth-order valence-electron chi connectivity index (χ4n) is 2.64. The van der Waals surface area contributed by atoms with E-state index in [9.17, 15) is 14.7 Å². The molecular formula is C16H23N3O4. The lowest BCUT2D eigenvalue weighted by molar-refractivity contribution is -0.136. The van der Waals surface area contributed by atoms with Crippen LogP contribution in [0.3, 0.4) is 0 Å². The summed E-state index contributed by atoms with van der Waals surface area (Å²) in [7, 11) is 1.59. The molecule has 126 valence electrons. The Morgan fingerprint density at radius 1 is 1.52 bits per heavy atom. The standard InChI is InChI=1S/C16H23N3O4/c1-11(19-7-6-16(22,10-19)15(17)21)14(20)18-9-12-4-3-5-13(8-12)23-2/h3-5,8,11,22H,6-7,9-10H2,1-2H3,(H2,17,21)(H,18,20). The molecule has 2 atom stereocenters. The van der Waals surface area contributed by atoms with Crippen LogP contribution in [0.4, 0.5) is 0 Å². The first kappa shape index (κ1) is 17.2. The zero-order valence-corrected chi connectivity index (χ0v) is 13.4. The smallest absolute Gasteiger partial charge is 0.250 e. The molecule has 2 unspecified atom stereocenters. The number of nitrogens with zero attached hydrogens (tertiary/aromatic N) is 1. The molecule has 1 aromatic rings. The average Bonchev–Trinajstić information content (AvgIpc) is 2.96. The van der Waals surface area contributed by atoms with Gasteiger partial charge in [0.1, 0.15) is 5.75 Å². The molecular weight excluding hydrogens is 298 g/mol. The molecule has 7 heteroatoms. The third-order valence-corrected chi connectivity index (χ3v) is 4.26. The minimum absolute atomic E-state index is 0.0794. The van der Waals surface area contributed by atoms with Gasteiger partial charge in [-0.25, -0.2) is 0 Å². The number of rotatable bonds is 6. The predicted molar refractivity (Wildman–Crippen MR) is 84.6 cm³/mol. The molecule has 0 spiro atoms. The summed E-state index contributed by atoms with van der Waals surface area (Å²) in [4.78, 5) is 25.3. The molecule has 23 heavy (non-hydrogen) atoms. The Morgan fingerprint density at radius 2 is 2.26 bits per heavy atom. The number of primary amides is 1. The fourth-order valence-corrected chi connectivity index (χ4v) is 2.64. The van der Waals surface area contributed by atoms with E-state index < -0.39 is 17.6 Å². The van der Waals surface area contributed by atoms with Gasteiger partial charge in [0.25, 0.3) is 5.91 Å². The second kappa shape index (κ2) is 6.97. The Bertz CT molecular complexity index is 592. The van der Waals surface area contributed by atoms with Crippen LogP contribution >= 0.6 is 0 Å². The van der Waals surface area contributed by atoms with E-state index in [4.69, 9.17) is 10.5 Å². The Balaban J connectivity index is 1.89. The summed E-state index contributed by atoms with van der Waals surface area (Å²) in [6.07, 6.45) is 0.246. The summed E-state index contributed by atoms with van der Waals surface area (Å²) >= 11 is 0. The van der Waals surface area contributed by atoms with Crippen molar-refractivity contribution in [1.29, 1.82) is 0 Å². The Hall–Kier alpha value is -2.12. The molecule has 2 rings (SSSR count). The van der Waals surface area contributed by atoms with Crippen LogP contribution in [0.25, 0.3) is 0 Å². The molecule has 1 saturated heterocycles. The molecule has 1 heterocycles. The van der Waals surface area contributed by atoms with Crippen LogP contribution in [0.1, 0.15) is 18.9 Å². The highest BCUT2D eigenvalue weighted by Gasteiger charge is 2.43. The van der Waals surface area contributed by atoms with Gasteiger partial charge in [-0.2, -0.15) is 0 Å². The van der Waals surface area contributed by atoms with E-state index in [-0.39, 0.29) is 18.9 Å². The molecule has 1 aliphatic heterocycles. The lowest BCUT2D eigenvalue weighted by Gasteiger charge is -2.25. The van der Waals surface area contributed by atoms with E-state index in [1.807, 2.05) is 24.3 Å². The van der Waals surface area contributed by atoms with E-state index in [2.05, 4.69) is 5.32 Å². The van der Waals surface area contributed by atoms with Crippen molar-refractivity contribution in [2.24, 2.45) is 5.73 Å². The average molecular weight is 321 g/mol. The summed E-state index contributed by atoms with van der Waals surface area (Å²) in [6, 6.07) is 7.00. The minimum Gasteiger partial charge on any atom is -0.497 e. The van der Waals surface area contributed by atoms with Crippen molar-refractivity contribution in [3.63, 3.8) is 0 Å². The van der Waals surface area contributed by atoms with Crippen LogP contribution in [0.15, 0.2) is 24.3 Å². The first-order valence-electron chi connectivity index (χ1n) is 7.53. The summed E-state index contributed by atoms with van der Waals surface area (Å²) in [5, 5.41) is 12.9. The first-order valence-corrected chi connectivity index (χ1v) is 7.53. The van der Waals surface area contributed by atoms with E-state index in [0.717, 1.165) is 11.3 Å². The monoisotopic (exact) mass is 321 g/mol. The number of nitrogens with two attached hydrogens (primary N) is 1. The second-order valence-corrected chi connectivity index (χ2v) is 5.86. The molecule has 7 nitrogen and oxygen atoms in total. The van der Waals surface area contributed by atoms with E-state index in [1.54, 1.807) is 18.9 Å². The number of carbonyl (C=O) groups excluding carboxylic acids is 2. The van der Waals surface area contributed by atoms with Crippen molar-refractivity contribution in [1.82, 2.24) is 10.2 Å². The molecule has 2 amide bonds. The first-order chi connectivity index (χ1) is 10.9. The number of ether oxygens (including phenoxy) is 1. The molecule has 1 aliphatic rings. The van der Waals surface area contributed by atoms with Crippen LogP contribution in [0.5, 0.6) is 5.75 Å². The number of benzene rings is 1. The molecule has 0 aromatic heterocycles. The number of hydrogen-bond donors (Lipinski definition) is 3. The summed E-state index contributed by atoms with van der Waals surface area (Å²) in [5.41, 5.74) is 4.59. The van der Waals surface area contributed by atoms with Crippen molar-refractivity contribution in [3.05, 3.63) is 29.8 Å². The van der Waals surface area contributed by atoms with Gasteiger partial charge in [0.15, 0.2) is 5.60 Å². The lowest BCUT2D eigenvalue weighted by atomic mass is 10.0. The predicted octanol–water partition coefficient (Wildman–Crippen LogP) is -0.378. The highest BCUT2D eigenvalue weighted by molar-refractivity contribution is 5.85. The van der Waals surface area contributed by atoms with Crippen LogP contribution in [-0.4, -0.2) is 53.7 Å². The number of aliphatic hydroxyl groups is 1. The summed E-state index contributed by atoms with van der Waals surface area (Å²) in [6.45, 7) is 2.66. The number of carbonyl (C=O) groups is 2. The highest BCUT2D eigenvalue weighted by atomic mass is 16.5. The van der Waals surface area contributed by atoms with Crippen LogP contribution in [0.2, 0.25) is 0 Å². The number of likely N-dealkylation sites (tertiary alicyclic amines) is 1. The van der Waals surface area contributed by atoms with Gasteiger partial charge in [-0.1, -0.05) is 12.1 Å². The van der Waals surface area contributed by atoms with Crippen molar-refractivity contribution in [2.45, 2.75) is 31.5 Å². The van der Waals surface area contributed by atoms with Gasteiger partial charge in [-0.05, 0) is 31.0 Å². The summed E-state index contributed by atoms with van der Waals surface area (Å²) < 4.78 is 5.14. The van der Waals surface area contributed by atoms with Gasteiger partial charge in [0, 0.05) is 19.6 Å². The van der Waals surface area contributed by atoms with Gasteiger partial charge in [0.2, 0.25) is 5.91 Å². The molecule has 1 aromatic carbocycles. The number of nitrogens with one attached hydrogen (secondary N) is 1. The normalized spacial score (nSPS) is 22.6. The molecule has 0 aliphatic carbocycles. The van der Waals surface area contributed by atoms with Gasteiger partial charge in [-0.3, -0.25) is 14.5 Å². The summed E-state index contributed by atoms with van der Waals surface area (Å²) in [5.74, 6) is -0.179.